The molecule has 0 spiro atoms. The first-order chi connectivity index (χ1) is 6.24. The van der Waals surface area contributed by atoms with Gasteiger partial charge in [-0.2, -0.15) is 0 Å². The van der Waals surface area contributed by atoms with E-state index in [2.05, 4.69) is 17.2 Å². The van der Waals surface area contributed by atoms with Crippen LogP contribution in [0.2, 0.25) is 0 Å². The number of nitrogens with two attached hydrogens (primary N) is 1. The van der Waals surface area contributed by atoms with Gasteiger partial charge in [0.15, 0.2) is 5.13 Å². The maximum Gasteiger partial charge on any atom is 0.180 e. The highest BCUT2D eigenvalue weighted by Crippen LogP contribution is 2.19. The van der Waals surface area contributed by atoms with Crippen LogP contribution >= 0.6 is 11.3 Å². The van der Waals surface area contributed by atoms with Gasteiger partial charge in [0.25, 0.3) is 0 Å². The van der Waals surface area contributed by atoms with E-state index >= 15 is 0 Å². The summed E-state index contributed by atoms with van der Waals surface area (Å²) in [6, 6.07) is 0. The number of aromatic nitrogens is 1. The molecule has 0 unspecified atom stereocenters. The monoisotopic (exact) mass is 199 g/mol. The van der Waals surface area contributed by atoms with Crippen molar-refractivity contribution >= 4 is 16.5 Å². The number of rotatable bonds is 5. The smallest absolute Gasteiger partial charge is 0.180 e. The Morgan fingerprint density at radius 1 is 1.46 bits per heavy atom. The fourth-order valence-corrected chi connectivity index (χ4v) is 2.02. The summed E-state index contributed by atoms with van der Waals surface area (Å²) in [5.41, 5.74) is 6.68. The number of nitrogens with zero attached hydrogens (tertiary/aromatic N) is 1. The molecular formula is C9H17N3S. The molecule has 0 radical (unpaired) electrons. The average molecular weight is 199 g/mol. The summed E-state index contributed by atoms with van der Waals surface area (Å²) in [4.78, 5) is 5.49. The Balaban J connectivity index is 2.32. The van der Waals surface area contributed by atoms with Crippen molar-refractivity contribution in [2.24, 2.45) is 0 Å². The van der Waals surface area contributed by atoms with E-state index in [1.807, 2.05) is 6.92 Å². The third-order valence-corrected chi connectivity index (χ3v) is 2.91. The summed E-state index contributed by atoms with van der Waals surface area (Å²) in [5.74, 6) is 0. The predicted molar refractivity (Wildman–Crippen MR) is 58.1 cm³/mol. The number of nitrogen functional groups attached to an aromatic ring is 1. The molecule has 4 heteroatoms. The lowest BCUT2D eigenvalue weighted by molar-refractivity contribution is 0.673. The number of hydrogen-bond acceptors (Lipinski definition) is 4. The van der Waals surface area contributed by atoms with Crippen LogP contribution in [0.15, 0.2) is 0 Å². The summed E-state index contributed by atoms with van der Waals surface area (Å²) in [5, 5.41) is 4.04. The fourth-order valence-electron chi connectivity index (χ4n) is 1.19. The molecule has 0 atom stereocenters. The number of thiazole rings is 1. The molecule has 0 amide bonds. The Hall–Kier alpha value is -0.610. The second-order valence-electron chi connectivity index (χ2n) is 3.06. The maximum atomic E-state index is 5.60. The molecule has 0 fully saturated rings. The molecule has 74 valence electrons. The minimum absolute atomic E-state index is 0.683. The standard InChI is InChI=1S/C9H17N3S/c1-3-5-11-6-4-8-7(2)12-9(10)13-8/h11H,3-6H2,1-2H3,(H2,10,12). The lowest BCUT2D eigenvalue weighted by Gasteiger charge is -2.00. The SMILES string of the molecule is CCCNCCc1sc(N)nc1C. The van der Waals surface area contributed by atoms with Crippen LogP contribution in [0.1, 0.15) is 23.9 Å². The Kier molecular flexibility index (Phi) is 4.18. The Bertz CT molecular complexity index is 257. The number of nitrogens with one attached hydrogen (secondary N) is 1. The van der Waals surface area contributed by atoms with E-state index in [9.17, 15) is 0 Å². The number of aryl methyl sites for hydroxylation is 1. The molecule has 0 bridgehead atoms. The van der Waals surface area contributed by atoms with Gasteiger partial charge in [-0.3, -0.25) is 0 Å². The summed E-state index contributed by atoms with van der Waals surface area (Å²) >= 11 is 1.60. The molecule has 0 aliphatic rings. The summed E-state index contributed by atoms with van der Waals surface area (Å²) in [6.07, 6.45) is 2.23. The van der Waals surface area contributed by atoms with Gasteiger partial charge in [0.1, 0.15) is 0 Å². The Labute approximate surface area is 83.4 Å². The largest absolute Gasteiger partial charge is 0.375 e. The summed E-state index contributed by atoms with van der Waals surface area (Å²) < 4.78 is 0. The van der Waals surface area contributed by atoms with E-state index in [0.29, 0.717) is 5.13 Å². The zero-order valence-corrected chi connectivity index (χ0v) is 9.08. The zero-order valence-electron chi connectivity index (χ0n) is 8.26. The highest BCUT2D eigenvalue weighted by atomic mass is 32.1. The van der Waals surface area contributed by atoms with Gasteiger partial charge in [0.2, 0.25) is 0 Å². The van der Waals surface area contributed by atoms with Gasteiger partial charge in [0, 0.05) is 11.4 Å². The van der Waals surface area contributed by atoms with E-state index in [0.717, 1.165) is 25.2 Å². The maximum absolute atomic E-state index is 5.60. The molecule has 0 aliphatic heterocycles. The van der Waals surface area contributed by atoms with E-state index in [-0.39, 0.29) is 0 Å². The molecule has 13 heavy (non-hydrogen) atoms. The van der Waals surface area contributed by atoms with Crippen LogP contribution < -0.4 is 11.1 Å². The van der Waals surface area contributed by atoms with Gasteiger partial charge in [-0.15, -0.1) is 11.3 Å². The quantitative estimate of drug-likeness (QED) is 0.708. The fraction of sp³-hybridized carbons (Fsp3) is 0.667. The van der Waals surface area contributed by atoms with Crippen LogP contribution in [0.5, 0.6) is 0 Å². The second-order valence-corrected chi connectivity index (χ2v) is 4.18. The van der Waals surface area contributed by atoms with E-state index < -0.39 is 0 Å². The molecule has 1 aromatic heterocycles. The lowest BCUT2D eigenvalue weighted by Crippen LogP contribution is -2.17. The van der Waals surface area contributed by atoms with Crippen LogP contribution in [0, 0.1) is 6.92 Å². The summed E-state index contributed by atoms with van der Waals surface area (Å²) in [6.45, 7) is 6.30. The summed E-state index contributed by atoms with van der Waals surface area (Å²) in [7, 11) is 0. The number of anilines is 1. The minimum atomic E-state index is 0.683. The second kappa shape index (κ2) is 5.19. The van der Waals surface area contributed by atoms with E-state index in [1.165, 1.54) is 11.3 Å². The van der Waals surface area contributed by atoms with Crippen LogP contribution in [-0.2, 0) is 6.42 Å². The third-order valence-electron chi connectivity index (χ3n) is 1.86. The van der Waals surface area contributed by atoms with Gasteiger partial charge in [0.05, 0.1) is 5.69 Å². The molecule has 0 saturated carbocycles. The van der Waals surface area contributed by atoms with Gasteiger partial charge in [-0.25, -0.2) is 4.98 Å². The first-order valence-corrected chi connectivity index (χ1v) is 5.48. The first kappa shape index (κ1) is 10.5. The Morgan fingerprint density at radius 3 is 2.77 bits per heavy atom. The van der Waals surface area contributed by atoms with Crippen LogP contribution in [0.4, 0.5) is 5.13 Å². The zero-order chi connectivity index (χ0) is 9.68. The third kappa shape index (κ3) is 3.32. The van der Waals surface area contributed by atoms with Gasteiger partial charge < -0.3 is 11.1 Å². The Morgan fingerprint density at radius 2 is 2.23 bits per heavy atom. The van der Waals surface area contributed by atoms with Crippen LogP contribution in [0.3, 0.4) is 0 Å². The van der Waals surface area contributed by atoms with Crippen molar-refractivity contribution < 1.29 is 0 Å². The van der Waals surface area contributed by atoms with Gasteiger partial charge in [-0.05, 0) is 26.3 Å². The van der Waals surface area contributed by atoms with Crippen molar-refractivity contribution in [3.63, 3.8) is 0 Å². The molecule has 3 nitrogen and oxygen atoms in total. The highest BCUT2D eigenvalue weighted by molar-refractivity contribution is 7.15. The van der Waals surface area contributed by atoms with Crippen molar-refractivity contribution in [3.05, 3.63) is 10.6 Å². The molecule has 1 aromatic rings. The van der Waals surface area contributed by atoms with Crippen molar-refractivity contribution in [2.75, 3.05) is 18.8 Å². The molecule has 1 rings (SSSR count). The molecule has 0 aromatic carbocycles. The van der Waals surface area contributed by atoms with Crippen LogP contribution in [-0.4, -0.2) is 18.1 Å². The van der Waals surface area contributed by atoms with Crippen molar-refractivity contribution in [1.29, 1.82) is 0 Å². The normalized spacial score (nSPS) is 10.6. The van der Waals surface area contributed by atoms with Crippen molar-refractivity contribution in [1.82, 2.24) is 10.3 Å². The van der Waals surface area contributed by atoms with Crippen molar-refractivity contribution in [3.8, 4) is 0 Å². The number of hydrogen-bond donors (Lipinski definition) is 2. The topological polar surface area (TPSA) is 50.9 Å². The van der Waals surface area contributed by atoms with Crippen molar-refractivity contribution in [2.45, 2.75) is 26.7 Å². The molecule has 0 aliphatic carbocycles. The van der Waals surface area contributed by atoms with E-state index in [4.69, 9.17) is 5.73 Å². The van der Waals surface area contributed by atoms with E-state index in [1.54, 1.807) is 11.3 Å². The highest BCUT2D eigenvalue weighted by Gasteiger charge is 2.03. The molecular weight excluding hydrogens is 182 g/mol. The minimum Gasteiger partial charge on any atom is -0.375 e. The average Bonchev–Trinajstić information content (AvgIpc) is 2.39. The van der Waals surface area contributed by atoms with Crippen LogP contribution in [0.25, 0.3) is 0 Å². The van der Waals surface area contributed by atoms with Gasteiger partial charge >= 0.3 is 0 Å². The molecule has 1 heterocycles. The molecule has 3 N–H and O–H groups in total. The predicted octanol–water partition coefficient (Wildman–Crippen LogP) is 1.58. The van der Waals surface area contributed by atoms with Gasteiger partial charge in [-0.1, -0.05) is 6.92 Å². The lowest BCUT2D eigenvalue weighted by atomic mass is 10.3. The first-order valence-electron chi connectivity index (χ1n) is 4.66. The molecule has 0 saturated heterocycles.